The third-order valence-corrected chi connectivity index (χ3v) is 6.94. The van der Waals surface area contributed by atoms with Gasteiger partial charge in [0.1, 0.15) is 12.4 Å². The highest BCUT2D eigenvalue weighted by Gasteiger charge is 2.39. The largest absolute Gasteiger partial charge is 0.497 e. The van der Waals surface area contributed by atoms with E-state index < -0.39 is 22.7 Å². The highest BCUT2D eigenvalue weighted by molar-refractivity contribution is 7.99. The van der Waals surface area contributed by atoms with Crippen LogP contribution in [0.1, 0.15) is 17.7 Å². The van der Waals surface area contributed by atoms with E-state index in [9.17, 15) is 14.4 Å². The Hall–Kier alpha value is -2.75. The first-order chi connectivity index (χ1) is 16.3. The molecule has 0 saturated carbocycles. The summed E-state index contributed by atoms with van der Waals surface area (Å²) in [6, 6.07) is 14.9. The molecule has 1 aliphatic heterocycles. The van der Waals surface area contributed by atoms with Gasteiger partial charge in [0.25, 0.3) is 5.91 Å². The Balaban J connectivity index is 1.99. The molecule has 0 fully saturated rings. The molecule has 0 saturated heterocycles. The van der Waals surface area contributed by atoms with E-state index in [0.29, 0.717) is 11.4 Å². The number of hydrogen-bond acceptors (Lipinski definition) is 7. The summed E-state index contributed by atoms with van der Waals surface area (Å²) in [5.74, 6) is -0.180. The number of fused-ring (bicyclic) bond motifs is 1. The van der Waals surface area contributed by atoms with Crippen LogP contribution in [0.2, 0.25) is 0 Å². The van der Waals surface area contributed by atoms with Crippen molar-refractivity contribution in [1.82, 2.24) is 4.90 Å². The van der Waals surface area contributed by atoms with Crippen molar-refractivity contribution in [3.05, 3.63) is 54.1 Å². The Kier molecular flexibility index (Phi) is 9.20. The molecule has 2 atom stereocenters. The molecule has 8 nitrogen and oxygen atoms in total. The summed E-state index contributed by atoms with van der Waals surface area (Å²) in [5, 5.41) is -1.05. The number of rotatable bonds is 9. The number of para-hydroxylation sites is 1. The fourth-order valence-electron chi connectivity index (χ4n) is 3.50. The van der Waals surface area contributed by atoms with E-state index in [0.717, 1.165) is 10.5 Å². The third kappa shape index (κ3) is 6.22. The average Bonchev–Trinajstić information content (AvgIpc) is 2.95. The van der Waals surface area contributed by atoms with Crippen LogP contribution in [0.5, 0.6) is 5.75 Å². The molecule has 10 heteroatoms. The molecule has 0 radical (unpaired) electrons. The number of halogens is 1. The zero-order valence-electron chi connectivity index (χ0n) is 19.2. The first-order valence-corrected chi connectivity index (χ1v) is 12.0. The molecule has 0 aromatic heterocycles. The number of anilines is 1. The second kappa shape index (κ2) is 12.1. The van der Waals surface area contributed by atoms with Gasteiger partial charge in [-0.2, -0.15) is 0 Å². The molecule has 2 amide bonds. The standard InChI is InChI=1S/C24H27ClN2O6S/c1-4-32-20(28)15-33-21-22(16-9-11-17(31-3)12-10-16)34-19-8-6-5-7-18(19)27(23(21)29)14-13-26(2)24(25)30/h5-12,21-22H,4,13-15H2,1-3H3/t21-,22+/m0/s1. The minimum atomic E-state index is -0.979. The van der Waals surface area contributed by atoms with Crippen molar-refractivity contribution in [3.63, 3.8) is 0 Å². The Bertz CT molecular complexity index is 1020. The second-order valence-electron chi connectivity index (χ2n) is 7.48. The molecule has 2 aromatic carbocycles. The van der Waals surface area contributed by atoms with Gasteiger partial charge < -0.3 is 24.0 Å². The monoisotopic (exact) mass is 506 g/mol. The van der Waals surface area contributed by atoms with Gasteiger partial charge in [-0.25, -0.2) is 4.79 Å². The highest BCUT2D eigenvalue weighted by Crippen LogP contribution is 2.46. The molecule has 0 bridgehead atoms. The number of carbonyl (C=O) groups is 3. The van der Waals surface area contributed by atoms with Crippen LogP contribution >= 0.6 is 23.4 Å². The van der Waals surface area contributed by atoms with Crippen LogP contribution < -0.4 is 9.64 Å². The molecule has 0 aliphatic carbocycles. The summed E-state index contributed by atoms with van der Waals surface area (Å²) < 4.78 is 16.2. The molecule has 0 N–H and O–H groups in total. The lowest BCUT2D eigenvalue weighted by Gasteiger charge is -2.29. The Labute approximate surface area is 208 Å². The zero-order valence-corrected chi connectivity index (χ0v) is 20.8. The fourth-order valence-corrected chi connectivity index (χ4v) is 4.93. The van der Waals surface area contributed by atoms with Gasteiger partial charge in [0.05, 0.1) is 24.7 Å². The van der Waals surface area contributed by atoms with Gasteiger partial charge in [0, 0.05) is 25.0 Å². The predicted octanol–water partition coefficient (Wildman–Crippen LogP) is 4.11. The third-order valence-electron chi connectivity index (χ3n) is 5.28. The van der Waals surface area contributed by atoms with E-state index in [-0.39, 0.29) is 32.2 Å². The lowest BCUT2D eigenvalue weighted by atomic mass is 10.1. The molecule has 0 unspecified atom stereocenters. The van der Waals surface area contributed by atoms with Gasteiger partial charge in [0.15, 0.2) is 6.10 Å². The first-order valence-electron chi connectivity index (χ1n) is 10.7. The summed E-state index contributed by atoms with van der Waals surface area (Å²) in [6.45, 7) is 2.00. The smallest absolute Gasteiger partial charge is 0.332 e. The van der Waals surface area contributed by atoms with Gasteiger partial charge in [-0.1, -0.05) is 24.3 Å². The molecule has 1 heterocycles. The summed E-state index contributed by atoms with van der Waals surface area (Å²) in [5.41, 5.74) is 1.55. The number of nitrogens with zero attached hydrogens (tertiary/aromatic N) is 2. The quantitative estimate of drug-likeness (QED) is 0.287. The first kappa shape index (κ1) is 25.9. The van der Waals surface area contributed by atoms with Gasteiger partial charge in [-0.05, 0) is 48.4 Å². The lowest BCUT2D eigenvalue weighted by Crippen LogP contribution is -2.45. The van der Waals surface area contributed by atoms with Crippen molar-refractivity contribution in [2.75, 3.05) is 45.4 Å². The number of ether oxygens (including phenoxy) is 3. The second-order valence-corrected chi connectivity index (χ2v) is 8.99. The fraction of sp³-hybridized carbons (Fsp3) is 0.375. The van der Waals surface area contributed by atoms with Crippen molar-refractivity contribution in [2.24, 2.45) is 0 Å². The number of esters is 1. The molecule has 2 aromatic rings. The maximum Gasteiger partial charge on any atom is 0.332 e. The van der Waals surface area contributed by atoms with E-state index in [1.54, 1.807) is 26.0 Å². The lowest BCUT2D eigenvalue weighted by molar-refractivity contribution is -0.152. The topological polar surface area (TPSA) is 85.4 Å². The molecule has 0 spiro atoms. The number of amides is 2. The van der Waals surface area contributed by atoms with Crippen LogP contribution in [0, 0.1) is 0 Å². The zero-order chi connectivity index (χ0) is 24.7. The minimum Gasteiger partial charge on any atom is -0.497 e. The Morgan fingerprint density at radius 1 is 1.15 bits per heavy atom. The number of hydrogen-bond donors (Lipinski definition) is 0. The van der Waals surface area contributed by atoms with Gasteiger partial charge in [0.2, 0.25) is 0 Å². The maximum atomic E-state index is 13.8. The van der Waals surface area contributed by atoms with Crippen LogP contribution in [0.4, 0.5) is 10.5 Å². The van der Waals surface area contributed by atoms with E-state index in [1.807, 2.05) is 48.5 Å². The normalized spacial score (nSPS) is 17.5. The highest BCUT2D eigenvalue weighted by atomic mass is 35.5. The molecule has 3 rings (SSSR count). The summed E-state index contributed by atoms with van der Waals surface area (Å²) in [4.78, 5) is 41.2. The van der Waals surface area contributed by atoms with Crippen molar-refractivity contribution < 1.29 is 28.6 Å². The predicted molar refractivity (Wildman–Crippen MR) is 131 cm³/mol. The number of carbonyl (C=O) groups excluding carboxylic acids is 3. The van der Waals surface area contributed by atoms with E-state index >= 15 is 0 Å². The SMILES string of the molecule is CCOC(=O)CO[C@@H]1C(=O)N(CCN(C)C(=O)Cl)c2ccccc2S[C@@H]1c1ccc(OC)cc1. The van der Waals surface area contributed by atoms with Gasteiger partial charge in [-0.15, -0.1) is 11.8 Å². The van der Waals surface area contributed by atoms with Crippen LogP contribution in [0.15, 0.2) is 53.4 Å². The summed E-state index contributed by atoms with van der Waals surface area (Å²) in [6.07, 6.45) is -0.979. The van der Waals surface area contributed by atoms with Gasteiger partial charge >= 0.3 is 11.3 Å². The Morgan fingerprint density at radius 3 is 2.50 bits per heavy atom. The van der Waals surface area contributed by atoms with Crippen LogP contribution in [-0.2, 0) is 19.1 Å². The van der Waals surface area contributed by atoms with E-state index in [4.69, 9.17) is 25.8 Å². The Morgan fingerprint density at radius 2 is 1.85 bits per heavy atom. The molecular weight excluding hydrogens is 480 g/mol. The van der Waals surface area contributed by atoms with Crippen molar-refractivity contribution in [2.45, 2.75) is 23.2 Å². The van der Waals surface area contributed by atoms with Crippen molar-refractivity contribution in [3.8, 4) is 5.75 Å². The van der Waals surface area contributed by atoms with Crippen LogP contribution in [0.3, 0.4) is 0 Å². The molecule has 1 aliphatic rings. The van der Waals surface area contributed by atoms with Crippen molar-refractivity contribution >= 4 is 46.3 Å². The summed E-state index contributed by atoms with van der Waals surface area (Å²) >= 11 is 7.06. The van der Waals surface area contributed by atoms with Crippen molar-refractivity contribution in [1.29, 1.82) is 0 Å². The molecule has 182 valence electrons. The summed E-state index contributed by atoms with van der Waals surface area (Å²) in [7, 11) is 3.15. The minimum absolute atomic E-state index is 0.208. The van der Waals surface area contributed by atoms with E-state index in [1.165, 1.54) is 16.7 Å². The molecule has 34 heavy (non-hydrogen) atoms. The maximum absolute atomic E-state index is 13.8. The number of thioether (sulfide) groups is 1. The average molecular weight is 507 g/mol. The van der Waals surface area contributed by atoms with Crippen LogP contribution in [-0.4, -0.2) is 68.7 Å². The molecular formula is C24H27ClN2O6S. The van der Waals surface area contributed by atoms with Gasteiger partial charge in [-0.3, -0.25) is 9.59 Å². The van der Waals surface area contributed by atoms with E-state index in [2.05, 4.69) is 0 Å². The number of benzene rings is 2. The van der Waals surface area contributed by atoms with Crippen LogP contribution in [0.25, 0.3) is 0 Å². The number of likely N-dealkylation sites (N-methyl/N-ethyl adjacent to an activating group) is 1. The number of methoxy groups -OCH3 is 1.